The van der Waals surface area contributed by atoms with E-state index in [4.69, 9.17) is 9.47 Å². The van der Waals surface area contributed by atoms with Crippen molar-refractivity contribution in [2.45, 2.75) is 24.7 Å². The second-order valence-corrected chi connectivity index (χ2v) is 10.1. The van der Waals surface area contributed by atoms with E-state index in [1.54, 1.807) is 19.1 Å². The highest BCUT2D eigenvalue weighted by atomic mass is 32.2. The summed E-state index contributed by atoms with van der Waals surface area (Å²) in [6, 6.07) is 10.5. The number of carbonyl (C=O) groups excluding carboxylic acids is 4. The molecule has 36 heavy (non-hydrogen) atoms. The Bertz CT molecular complexity index is 1320. The summed E-state index contributed by atoms with van der Waals surface area (Å²) in [7, 11) is -3.82. The number of hydrogen-bond acceptors (Lipinski definition) is 8. The molecule has 1 fully saturated rings. The number of ether oxygens (including phenoxy) is 2. The molecule has 2 aromatic carbocycles. The van der Waals surface area contributed by atoms with Gasteiger partial charge in [-0.05, 0) is 50.1 Å². The van der Waals surface area contributed by atoms with Crippen molar-refractivity contribution in [3.63, 3.8) is 0 Å². The SMILES string of the molecule is CCOc1ccc(NC(=O)COC(=O)CN2C(=O)C(=O)c3ccccc32)cc1S(=O)(=O)N1CCCC1. The molecule has 0 spiro atoms. The maximum Gasteiger partial charge on any atom is 0.326 e. The lowest BCUT2D eigenvalue weighted by Crippen LogP contribution is -2.36. The van der Waals surface area contributed by atoms with E-state index in [-0.39, 0.29) is 28.5 Å². The molecule has 190 valence electrons. The number of anilines is 2. The van der Waals surface area contributed by atoms with Crippen LogP contribution in [0.1, 0.15) is 30.1 Å². The first-order valence-corrected chi connectivity index (χ1v) is 12.8. The Balaban J connectivity index is 1.39. The average molecular weight is 516 g/mol. The Morgan fingerprint density at radius 1 is 1.06 bits per heavy atom. The number of hydrogen-bond donors (Lipinski definition) is 1. The molecule has 0 unspecified atom stereocenters. The molecule has 2 heterocycles. The van der Waals surface area contributed by atoms with Gasteiger partial charge in [0, 0.05) is 18.8 Å². The molecule has 0 aliphatic carbocycles. The molecular formula is C24H25N3O8S. The van der Waals surface area contributed by atoms with Crippen LogP contribution in [0.25, 0.3) is 0 Å². The van der Waals surface area contributed by atoms with Gasteiger partial charge in [0.2, 0.25) is 10.0 Å². The number of ketones is 1. The molecule has 0 radical (unpaired) electrons. The number of para-hydroxylation sites is 1. The van der Waals surface area contributed by atoms with Crippen molar-refractivity contribution in [1.29, 1.82) is 0 Å². The predicted molar refractivity (Wildman–Crippen MR) is 128 cm³/mol. The third-order valence-corrected chi connectivity index (χ3v) is 7.66. The first kappa shape index (κ1) is 25.3. The Hall–Kier alpha value is -3.77. The number of carbonyl (C=O) groups is 4. The van der Waals surface area contributed by atoms with Crippen molar-refractivity contribution < 1.29 is 37.1 Å². The average Bonchev–Trinajstić information content (AvgIpc) is 3.49. The van der Waals surface area contributed by atoms with Crippen molar-refractivity contribution in [3.8, 4) is 5.75 Å². The van der Waals surface area contributed by atoms with E-state index in [1.807, 2.05) is 0 Å². The summed E-state index contributed by atoms with van der Waals surface area (Å²) in [6.07, 6.45) is 1.54. The van der Waals surface area contributed by atoms with E-state index < -0.39 is 46.7 Å². The highest BCUT2D eigenvalue weighted by Crippen LogP contribution is 2.32. The zero-order chi connectivity index (χ0) is 25.9. The monoisotopic (exact) mass is 515 g/mol. The van der Waals surface area contributed by atoms with Gasteiger partial charge in [0.1, 0.15) is 17.2 Å². The van der Waals surface area contributed by atoms with Crippen molar-refractivity contribution in [3.05, 3.63) is 48.0 Å². The molecule has 1 saturated heterocycles. The summed E-state index contributed by atoms with van der Waals surface area (Å²) < 4.78 is 38.0. The molecule has 1 N–H and O–H groups in total. The van der Waals surface area contributed by atoms with Gasteiger partial charge in [0.05, 0.1) is 17.9 Å². The van der Waals surface area contributed by atoms with Crippen molar-refractivity contribution in [2.24, 2.45) is 0 Å². The normalized spacial score (nSPS) is 15.6. The topological polar surface area (TPSA) is 139 Å². The zero-order valence-electron chi connectivity index (χ0n) is 19.6. The summed E-state index contributed by atoms with van der Waals surface area (Å²) in [5, 5.41) is 2.51. The second-order valence-electron chi connectivity index (χ2n) is 8.15. The van der Waals surface area contributed by atoms with Crippen LogP contribution in [0, 0.1) is 0 Å². The number of Topliss-reactive ketones (excluding diaryl/α,β-unsaturated/α-hetero) is 1. The molecule has 2 amide bonds. The minimum atomic E-state index is -3.82. The third-order valence-electron chi connectivity index (χ3n) is 5.74. The van der Waals surface area contributed by atoms with Crippen LogP contribution in [0.15, 0.2) is 47.4 Å². The number of rotatable bonds is 9. The van der Waals surface area contributed by atoms with E-state index in [9.17, 15) is 27.6 Å². The molecule has 2 aliphatic heterocycles. The summed E-state index contributed by atoms with van der Waals surface area (Å²) in [4.78, 5) is 49.8. The Kier molecular flexibility index (Phi) is 7.36. The van der Waals surface area contributed by atoms with Crippen LogP contribution in [-0.4, -0.2) is 69.1 Å². The number of benzene rings is 2. The first-order valence-electron chi connectivity index (χ1n) is 11.4. The minimum Gasteiger partial charge on any atom is -0.492 e. The molecule has 0 aromatic heterocycles. The number of esters is 1. The summed E-state index contributed by atoms with van der Waals surface area (Å²) >= 11 is 0. The zero-order valence-corrected chi connectivity index (χ0v) is 20.4. The van der Waals surface area contributed by atoms with Crippen molar-refractivity contribution in [1.82, 2.24) is 4.31 Å². The standard InChI is InChI=1S/C24H25N3O8S/c1-2-34-19-10-9-16(13-20(19)36(32,33)26-11-5-6-12-26)25-21(28)15-35-22(29)14-27-18-8-4-3-7-17(18)23(30)24(27)31/h3-4,7-10,13H,2,5-6,11-12,14-15H2,1H3,(H,25,28). The second kappa shape index (κ2) is 10.5. The van der Waals surface area contributed by atoms with Gasteiger partial charge in [-0.25, -0.2) is 8.42 Å². The van der Waals surface area contributed by atoms with Gasteiger partial charge in [-0.3, -0.25) is 24.1 Å². The van der Waals surface area contributed by atoms with E-state index in [0.29, 0.717) is 18.8 Å². The lowest BCUT2D eigenvalue weighted by Gasteiger charge is -2.19. The number of amides is 2. The molecule has 11 nitrogen and oxygen atoms in total. The van der Waals surface area contributed by atoms with Gasteiger partial charge in [0.25, 0.3) is 17.6 Å². The largest absolute Gasteiger partial charge is 0.492 e. The van der Waals surface area contributed by atoms with Crippen LogP contribution in [0.2, 0.25) is 0 Å². The van der Waals surface area contributed by atoms with Gasteiger partial charge in [-0.2, -0.15) is 4.31 Å². The van der Waals surface area contributed by atoms with Crippen LogP contribution >= 0.6 is 0 Å². The number of fused-ring (bicyclic) bond motifs is 1. The molecular weight excluding hydrogens is 490 g/mol. The van der Waals surface area contributed by atoms with Crippen LogP contribution in [0.4, 0.5) is 11.4 Å². The third kappa shape index (κ3) is 5.09. The Labute approximate surface area is 208 Å². The first-order chi connectivity index (χ1) is 17.2. The van der Waals surface area contributed by atoms with Crippen molar-refractivity contribution in [2.75, 3.05) is 43.1 Å². The smallest absolute Gasteiger partial charge is 0.326 e. The van der Waals surface area contributed by atoms with Gasteiger partial charge in [0.15, 0.2) is 6.61 Å². The Morgan fingerprint density at radius 2 is 1.78 bits per heavy atom. The number of nitrogens with zero attached hydrogens (tertiary/aromatic N) is 2. The maximum absolute atomic E-state index is 13.1. The van der Waals surface area contributed by atoms with E-state index >= 15 is 0 Å². The van der Waals surface area contributed by atoms with Crippen LogP contribution in [0.3, 0.4) is 0 Å². The van der Waals surface area contributed by atoms with E-state index in [0.717, 1.165) is 17.7 Å². The number of sulfonamides is 1. The molecule has 4 rings (SSSR count). The highest BCUT2D eigenvalue weighted by molar-refractivity contribution is 7.89. The van der Waals surface area contributed by atoms with Gasteiger partial charge in [-0.1, -0.05) is 12.1 Å². The summed E-state index contributed by atoms with van der Waals surface area (Å²) in [5.41, 5.74) is 0.685. The number of nitrogens with one attached hydrogen (secondary N) is 1. The molecule has 12 heteroatoms. The fourth-order valence-electron chi connectivity index (χ4n) is 4.05. The lowest BCUT2D eigenvalue weighted by atomic mass is 10.1. The molecule has 0 atom stereocenters. The fraction of sp³-hybridized carbons (Fsp3) is 0.333. The van der Waals surface area contributed by atoms with Gasteiger partial charge in [-0.15, -0.1) is 0 Å². The molecule has 0 saturated carbocycles. The summed E-state index contributed by atoms with van der Waals surface area (Å²) in [5.74, 6) is -2.97. The van der Waals surface area contributed by atoms with Crippen LogP contribution < -0.4 is 15.0 Å². The minimum absolute atomic E-state index is 0.0584. The van der Waals surface area contributed by atoms with Crippen molar-refractivity contribution >= 4 is 45.0 Å². The van der Waals surface area contributed by atoms with Gasteiger partial charge >= 0.3 is 5.97 Å². The van der Waals surface area contributed by atoms with Crippen LogP contribution in [0.5, 0.6) is 5.75 Å². The summed E-state index contributed by atoms with van der Waals surface area (Å²) in [6.45, 7) is 1.63. The lowest BCUT2D eigenvalue weighted by molar-refractivity contribution is -0.146. The highest BCUT2D eigenvalue weighted by Gasteiger charge is 2.37. The maximum atomic E-state index is 13.1. The quantitative estimate of drug-likeness (QED) is 0.392. The van der Waals surface area contributed by atoms with Gasteiger partial charge < -0.3 is 14.8 Å². The fourth-order valence-corrected chi connectivity index (χ4v) is 5.73. The molecule has 2 aromatic rings. The van der Waals surface area contributed by atoms with Crippen LogP contribution in [-0.2, 0) is 29.1 Å². The van der Waals surface area contributed by atoms with E-state index in [2.05, 4.69) is 5.32 Å². The molecule has 0 bridgehead atoms. The Morgan fingerprint density at radius 3 is 2.50 bits per heavy atom. The predicted octanol–water partition coefficient (Wildman–Crippen LogP) is 1.58. The molecule has 2 aliphatic rings. The van der Waals surface area contributed by atoms with E-state index in [1.165, 1.54) is 34.6 Å².